The Balaban J connectivity index is 1.92. The molecule has 0 aliphatic rings. The lowest BCUT2D eigenvalue weighted by molar-refractivity contribution is 0.610. The summed E-state index contributed by atoms with van der Waals surface area (Å²) in [5, 5.41) is 13.7. The highest BCUT2D eigenvalue weighted by atomic mass is 19.1. The molecule has 25 heavy (non-hydrogen) atoms. The smallest absolute Gasteiger partial charge is 0.144 e. The molecule has 0 unspecified atom stereocenters. The number of aromatic nitrogens is 5. The Morgan fingerprint density at radius 2 is 2.00 bits per heavy atom. The summed E-state index contributed by atoms with van der Waals surface area (Å²) in [6.07, 6.45) is 5.26. The van der Waals surface area contributed by atoms with E-state index in [1.54, 1.807) is 22.1 Å². The molecule has 0 saturated heterocycles. The number of nitrogens with zero attached hydrogens (tertiary/aromatic N) is 6. The standard InChI is InChI=1S/C18H13FN6/c1-11-15(19)4-5-16(22-11)18-14(10-24(2)23-18)12-3-6-17-21-8-13(7-20)25(17)9-12/h3-6,8-10H,1-2H3. The maximum absolute atomic E-state index is 13.5. The molecule has 4 rings (SSSR count). The summed E-state index contributed by atoms with van der Waals surface area (Å²) in [6, 6.07) is 8.89. The molecule has 0 spiro atoms. The molecule has 6 nitrogen and oxygen atoms in total. The lowest BCUT2D eigenvalue weighted by Gasteiger charge is -2.05. The summed E-state index contributed by atoms with van der Waals surface area (Å²) < 4.78 is 17.0. The van der Waals surface area contributed by atoms with Crippen LogP contribution in [0.25, 0.3) is 28.2 Å². The first-order valence-electron chi connectivity index (χ1n) is 7.61. The fourth-order valence-electron chi connectivity index (χ4n) is 2.79. The summed E-state index contributed by atoms with van der Waals surface area (Å²) in [4.78, 5) is 8.50. The van der Waals surface area contributed by atoms with Gasteiger partial charge in [0.25, 0.3) is 0 Å². The van der Waals surface area contributed by atoms with E-state index in [2.05, 4.69) is 21.1 Å². The van der Waals surface area contributed by atoms with Crippen LogP contribution in [0.2, 0.25) is 0 Å². The third kappa shape index (κ3) is 2.44. The van der Waals surface area contributed by atoms with Crippen molar-refractivity contribution in [2.75, 3.05) is 0 Å². The van der Waals surface area contributed by atoms with E-state index >= 15 is 0 Å². The number of pyridine rings is 2. The van der Waals surface area contributed by atoms with Crippen molar-refractivity contribution in [1.82, 2.24) is 24.1 Å². The fraction of sp³-hybridized carbons (Fsp3) is 0.111. The van der Waals surface area contributed by atoms with Gasteiger partial charge in [-0.1, -0.05) is 0 Å². The maximum Gasteiger partial charge on any atom is 0.144 e. The van der Waals surface area contributed by atoms with Gasteiger partial charge in [0, 0.05) is 30.6 Å². The van der Waals surface area contributed by atoms with Gasteiger partial charge >= 0.3 is 0 Å². The molecule has 0 fully saturated rings. The number of nitriles is 1. The van der Waals surface area contributed by atoms with Crippen molar-refractivity contribution in [3.63, 3.8) is 0 Å². The molecule has 7 heteroatoms. The topological polar surface area (TPSA) is 71.8 Å². The van der Waals surface area contributed by atoms with Crippen LogP contribution >= 0.6 is 0 Å². The number of aryl methyl sites for hydroxylation is 2. The van der Waals surface area contributed by atoms with E-state index in [1.165, 1.54) is 12.3 Å². The molecule has 4 heterocycles. The molecule has 0 saturated carbocycles. The van der Waals surface area contributed by atoms with Gasteiger partial charge in [0.2, 0.25) is 0 Å². The monoisotopic (exact) mass is 332 g/mol. The summed E-state index contributed by atoms with van der Waals surface area (Å²) in [5.41, 5.74) is 4.45. The average Bonchev–Trinajstić information content (AvgIpc) is 3.19. The highest BCUT2D eigenvalue weighted by Gasteiger charge is 2.15. The van der Waals surface area contributed by atoms with E-state index in [0.29, 0.717) is 28.4 Å². The van der Waals surface area contributed by atoms with Gasteiger partial charge in [-0.2, -0.15) is 10.4 Å². The van der Waals surface area contributed by atoms with Crippen LogP contribution in [-0.4, -0.2) is 24.1 Å². The second kappa shape index (κ2) is 5.53. The Hall–Kier alpha value is -3.53. The van der Waals surface area contributed by atoms with E-state index in [-0.39, 0.29) is 5.82 Å². The molecule has 0 amide bonds. The third-order valence-corrected chi connectivity index (χ3v) is 4.02. The number of imidazole rings is 1. The maximum atomic E-state index is 13.5. The van der Waals surface area contributed by atoms with Crippen LogP contribution in [0.1, 0.15) is 11.4 Å². The second-order valence-corrected chi connectivity index (χ2v) is 5.73. The van der Waals surface area contributed by atoms with E-state index < -0.39 is 0 Å². The summed E-state index contributed by atoms with van der Waals surface area (Å²) >= 11 is 0. The van der Waals surface area contributed by atoms with Gasteiger partial charge in [-0.05, 0) is 31.2 Å². The van der Waals surface area contributed by atoms with Crippen molar-refractivity contribution in [3.8, 4) is 28.6 Å². The van der Waals surface area contributed by atoms with Crippen LogP contribution in [0, 0.1) is 24.1 Å². The molecule has 122 valence electrons. The van der Waals surface area contributed by atoms with Crippen LogP contribution < -0.4 is 0 Å². The zero-order chi connectivity index (χ0) is 17.6. The summed E-state index contributed by atoms with van der Waals surface area (Å²) in [7, 11) is 1.82. The van der Waals surface area contributed by atoms with Crippen molar-refractivity contribution in [1.29, 1.82) is 5.26 Å². The SMILES string of the molecule is Cc1nc(-c2nn(C)cc2-c2ccc3ncc(C#N)n3c2)ccc1F. The first-order valence-corrected chi connectivity index (χ1v) is 7.61. The van der Waals surface area contributed by atoms with Crippen molar-refractivity contribution in [3.05, 3.63) is 60.1 Å². The molecule has 0 aliphatic carbocycles. The van der Waals surface area contributed by atoms with Crippen LogP contribution in [0.3, 0.4) is 0 Å². The zero-order valence-corrected chi connectivity index (χ0v) is 13.6. The Morgan fingerprint density at radius 1 is 1.16 bits per heavy atom. The number of halogens is 1. The second-order valence-electron chi connectivity index (χ2n) is 5.73. The minimum Gasteiger partial charge on any atom is -0.291 e. The largest absolute Gasteiger partial charge is 0.291 e. The van der Waals surface area contributed by atoms with Crippen molar-refractivity contribution in [2.45, 2.75) is 6.92 Å². The van der Waals surface area contributed by atoms with Gasteiger partial charge in [-0.3, -0.25) is 9.08 Å². The van der Waals surface area contributed by atoms with Crippen molar-refractivity contribution >= 4 is 5.65 Å². The summed E-state index contributed by atoms with van der Waals surface area (Å²) in [6.45, 7) is 1.62. The van der Waals surface area contributed by atoms with Gasteiger partial charge in [-0.25, -0.2) is 14.4 Å². The average molecular weight is 332 g/mol. The molecule has 0 radical (unpaired) electrons. The Morgan fingerprint density at radius 3 is 2.76 bits per heavy atom. The molecule has 0 aliphatic heterocycles. The van der Waals surface area contributed by atoms with E-state index in [0.717, 1.165) is 11.1 Å². The van der Waals surface area contributed by atoms with Gasteiger partial charge in [0.15, 0.2) is 0 Å². The van der Waals surface area contributed by atoms with Crippen LogP contribution in [-0.2, 0) is 7.05 Å². The number of hydrogen-bond acceptors (Lipinski definition) is 4. The molecule has 4 aromatic heterocycles. The Bertz CT molecular complexity index is 1150. The molecule has 0 N–H and O–H groups in total. The first kappa shape index (κ1) is 15.0. The molecular formula is C18H13FN6. The van der Waals surface area contributed by atoms with Crippen LogP contribution in [0.15, 0.2) is 42.9 Å². The van der Waals surface area contributed by atoms with E-state index in [9.17, 15) is 9.65 Å². The predicted octanol–water partition coefficient (Wildman–Crippen LogP) is 3.12. The highest BCUT2D eigenvalue weighted by molar-refractivity contribution is 5.79. The summed E-state index contributed by atoms with van der Waals surface area (Å²) in [5.74, 6) is -0.347. The zero-order valence-electron chi connectivity index (χ0n) is 13.6. The number of hydrogen-bond donors (Lipinski definition) is 0. The Kier molecular flexibility index (Phi) is 3.32. The van der Waals surface area contributed by atoms with Gasteiger partial charge in [0.1, 0.15) is 28.9 Å². The number of fused-ring (bicyclic) bond motifs is 1. The highest BCUT2D eigenvalue weighted by Crippen LogP contribution is 2.30. The van der Waals surface area contributed by atoms with E-state index in [1.807, 2.05) is 31.6 Å². The van der Waals surface area contributed by atoms with Gasteiger partial charge in [0.05, 0.1) is 17.6 Å². The van der Waals surface area contributed by atoms with Crippen LogP contribution in [0.5, 0.6) is 0 Å². The first-order chi connectivity index (χ1) is 12.1. The minimum absolute atomic E-state index is 0.325. The number of rotatable bonds is 2. The third-order valence-electron chi connectivity index (χ3n) is 4.02. The quantitative estimate of drug-likeness (QED) is 0.565. The van der Waals surface area contributed by atoms with E-state index in [4.69, 9.17) is 0 Å². The van der Waals surface area contributed by atoms with Crippen molar-refractivity contribution in [2.24, 2.45) is 7.05 Å². The molecular weight excluding hydrogens is 319 g/mol. The minimum atomic E-state index is -0.347. The van der Waals surface area contributed by atoms with Gasteiger partial charge < -0.3 is 0 Å². The normalized spacial score (nSPS) is 11.0. The fourth-order valence-corrected chi connectivity index (χ4v) is 2.79. The van der Waals surface area contributed by atoms with Crippen molar-refractivity contribution < 1.29 is 4.39 Å². The Labute approximate surface area is 142 Å². The molecule has 4 aromatic rings. The lowest BCUT2D eigenvalue weighted by atomic mass is 10.1. The lowest BCUT2D eigenvalue weighted by Crippen LogP contribution is -1.94. The van der Waals surface area contributed by atoms with Crippen LogP contribution in [0.4, 0.5) is 4.39 Å². The molecule has 0 bridgehead atoms. The molecule has 0 aromatic carbocycles. The predicted molar refractivity (Wildman–Crippen MR) is 90.0 cm³/mol. The molecule has 0 atom stereocenters. The van der Waals surface area contributed by atoms with Gasteiger partial charge in [-0.15, -0.1) is 0 Å².